The Morgan fingerprint density at radius 3 is 2.53 bits per heavy atom. The average Bonchev–Trinajstić information content (AvgIpc) is 3.39. The highest BCUT2D eigenvalue weighted by molar-refractivity contribution is 7.80. The predicted molar refractivity (Wildman–Crippen MR) is 150 cm³/mol. The summed E-state index contributed by atoms with van der Waals surface area (Å²) >= 11 is 5.78. The van der Waals surface area contributed by atoms with Gasteiger partial charge in [0, 0.05) is 42.4 Å². The summed E-state index contributed by atoms with van der Waals surface area (Å²) in [5, 5.41) is 6.86. The number of anilines is 1. The van der Waals surface area contributed by atoms with Crippen LogP contribution in [0.15, 0.2) is 73.1 Å². The molecule has 7 nitrogen and oxygen atoms in total. The van der Waals surface area contributed by atoms with E-state index in [2.05, 4.69) is 63.0 Å². The molecular weight excluding hydrogens is 499 g/mol. The average molecular weight is 529 g/mol. The second kappa shape index (κ2) is 10.7. The zero-order valence-corrected chi connectivity index (χ0v) is 22.3. The number of carbonyl (C=O) groups is 1. The number of aromatic nitrogens is 3. The van der Waals surface area contributed by atoms with Gasteiger partial charge >= 0.3 is 0 Å². The molecule has 194 valence electrons. The van der Waals surface area contributed by atoms with Crippen molar-refractivity contribution in [3.8, 4) is 5.82 Å². The van der Waals surface area contributed by atoms with Crippen LogP contribution in [0.25, 0.3) is 5.82 Å². The molecule has 1 aliphatic rings. The van der Waals surface area contributed by atoms with E-state index in [1.54, 1.807) is 24.5 Å². The molecule has 0 radical (unpaired) electrons. The van der Waals surface area contributed by atoms with Crippen LogP contribution in [-0.4, -0.2) is 37.0 Å². The van der Waals surface area contributed by atoms with Crippen LogP contribution in [-0.2, 0) is 4.79 Å². The van der Waals surface area contributed by atoms with Crippen molar-refractivity contribution in [3.05, 3.63) is 107 Å². The van der Waals surface area contributed by atoms with Crippen molar-refractivity contribution in [2.75, 3.05) is 11.9 Å². The number of halogens is 1. The van der Waals surface area contributed by atoms with Gasteiger partial charge in [0.2, 0.25) is 5.91 Å². The van der Waals surface area contributed by atoms with E-state index in [1.807, 2.05) is 24.3 Å². The Kier molecular flexibility index (Phi) is 7.20. The molecule has 1 fully saturated rings. The van der Waals surface area contributed by atoms with Crippen LogP contribution >= 0.6 is 12.2 Å². The first kappa shape index (κ1) is 25.5. The van der Waals surface area contributed by atoms with Crippen molar-refractivity contribution >= 4 is 28.9 Å². The van der Waals surface area contributed by atoms with Gasteiger partial charge in [-0.2, -0.15) is 0 Å². The van der Waals surface area contributed by atoms with Crippen molar-refractivity contribution in [2.45, 2.75) is 39.3 Å². The van der Waals surface area contributed by atoms with Crippen LogP contribution < -0.4 is 10.6 Å². The lowest BCUT2D eigenvalue weighted by molar-refractivity contribution is -0.116. The zero-order chi connectivity index (χ0) is 26.8. The normalized spacial score (nSPS) is 16.9. The summed E-state index contributed by atoms with van der Waals surface area (Å²) < 4.78 is 15.4. The zero-order valence-electron chi connectivity index (χ0n) is 21.5. The number of benzene rings is 1. The van der Waals surface area contributed by atoms with E-state index < -0.39 is 0 Å². The smallest absolute Gasteiger partial charge is 0.226 e. The lowest BCUT2D eigenvalue weighted by atomic mass is 9.96. The van der Waals surface area contributed by atoms with E-state index in [4.69, 9.17) is 12.2 Å². The van der Waals surface area contributed by atoms with Gasteiger partial charge in [-0.15, -0.1) is 0 Å². The van der Waals surface area contributed by atoms with Gasteiger partial charge in [0.1, 0.15) is 11.6 Å². The molecule has 1 amide bonds. The summed E-state index contributed by atoms with van der Waals surface area (Å²) in [6, 6.07) is 17.4. The number of thiocarbonyl (C=S) groups is 1. The van der Waals surface area contributed by atoms with Gasteiger partial charge in [-0.1, -0.05) is 12.1 Å². The van der Waals surface area contributed by atoms with E-state index >= 15 is 0 Å². The standard InChI is InChI=1S/C29H29FN6OS/c1-18-7-6-15-32-28(18)36-19(2)17-23(20(36)3)27-26(24-8-4-5-14-31-24)34-29(38)35(27)16-13-25(37)33-22-11-9-21(30)10-12-22/h4-12,14-15,17,26-27H,13,16H2,1-3H3,(H,33,37)(H,34,38)/t26-,27-/m0/s1. The van der Waals surface area contributed by atoms with Crippen molar-refractivity contribution in [1.29, 1.82) is 0 Å². The fraction of sp³-hybridized carbons (Fsp3) is 0.241. The highest BCUT2D eigenvalue weighted by Gasteiger charge is 2.41. The van der Waals surface area contributed by atoms with E-state index in [9.17, 15) is 9.18 Å². The summed E-state index contributed by atoms with van der Waals surface area (Å²) in [6.45, 7) is 6.61. The molecule has 0 spiro atoms. The van der Waals surface area contributed by atoms with Crippen LogP contribution in [0, 0.1) is 26.6 Å². The van der Waals surface area contributed by atoms with Crippen LogP contribution in [0.2, 0.25) is 0 Å². The van der Waals surface area contributed by atoms with E-state index in [1.165, 1.54) is 12.1 Å². The molecule has 4 aromatic rings. The Hall–Kier alpha value is -4.11. The monoisotopic (exact) mass is 528 g/mol. The molecule has 0 saturated carbocycles. The summed E-state index contributed by atoms with van der Waals surface area (Å²) in [5.41, 5.74) is 5.71. The highest BCUT2D eigenvalue weighted by atomic mass is 32.1. The van der Waals surface area contributed by atoms with Gasteiger partial charge in [0.15, 0.2) is 5.11 Å². The lowest BCUT2D eigenvalue weighted by Gasteiger charge is -2.28. The molecule has 2 N–H and O–H groups in total. The fourth-order valence-electron chi connectivity index (χ4n) is 5.09. The molecule has 2 atom stereocenters. The Labute approximate surface area is 226 Å². The first-order chi connectivity index (χ1) is 18.3. The fourth-order valence-corrected chi connectivity index (χ4v) is 5.42. The number of hydrogen-bond acceptors (Lipinski definition) is 4. The van der Waals surface area contributed by atoms with Gasteiger partial charge in [-0.3, -0.25) is 9.78 Å². The third kappa shape index (κ3) is 5.02. The molecule has 1 aromatic carbocycles. The quantitative estimate of drug-likeness (QED) is 0.316. The Bertz CT molecular complexity index is 1470. The Morgan fingerprint density at radius 2 is 1.82 bits per heavy atom. The molecule has 0 bridgehead atoms. The third-order valence-corrected chi connectivity index (χ3v) is 7.24. The van der Waals surface area contributed by atoms with Crippen LogP contribution in [0.1, 0.15) is 46.7 Å². The third-order valence-electron chi connectivity index (χ3n) is 6.89. The van der Waals surface area contributed by atoms with E-state index in [0.29, 0.717) is 17.3 Å². The molecule has 1 saturated heterocycles. The van der Waals surface area contributed by atoms with Crippen LogP contribution in [0.3, 0.4) is 0 Å². The summed E-state index contributed by atoms with van der Waals surface area (Å²) in [5.74, 6) is 0.370. The number of rotatable bonds is 7. The Morgan fingerprint density at radius 1 is 1.05 bits per heavy atom. The maximum atomic E-state index is 13.2. The minimum Gasteiger partial charge on any atom is -0.352 e. The van der Waals surface area contributed by atoms with Crippen LogP contribution in [0.5, 0.6) is 0 Å². The van der Waals surface area contributed by atoms with Gasteiger partial charge in [0.05, 0.1) is 17.8 Å². The van der Waals surface area contributed by atoms with E-state index in [0.717, 1.165) is 34.0 Å². The SMILES string of the molecule is Cc1cccnc1-n1c(C)cc([C@H]2[C@H](c3ccccn3)NC(=S)N2CCC(=O)Nc2ccc(F)cc2)c1C. The minimum absolute atomic E-state index is 0.172. The molecule has 3 aromatic heterocycles. The second-order valence-corrected chi connectivity index (χ2v) is 9.82. The molecule has 38 heavy (non-hydrogen) atoms. The first-order valence-corrected chi connectivity index (χ1v) is 12.9. The lowest BCUT2D eigenvalue weighted by Crippen LogP contribution is -2.32. The molecule has 5 rings (SSSR count). The second-order valence-electron chi connectivity index (χ2n) is 9.43. The number of pyridine rings is 2. The Balaban J connectivity index is 1.47. The molecule has 0 unspecified atom stereocenters. The van der Waals surface area contributed by atoms with Crippen molar-refractivity contribution in [3.63, 3.8) is 0 Å². The van der Waals surface area contributed by atoms with Crippen molar-refractivity contribution in [2.24, 2.45) is 0 Å². The predicted octanol–water partition coefficient (Wildman–Crippen LogP) is 5.33. The maximum Gasteiger partial charge on any atom is 0.226 e. The number of aryl methyl sites for hydroxylation is 2. The maximum absolute atomic E-state index is 13.2. The van der Waals surface area contributed by atoms with Gasteiger partial charge in [0.25, 0.3) is 0 Å². The van der Waals surface area contributed by atoms with Gasteiger partial charge in [-0.05, 0) is 92.6 Å². The number of nitrogens with one attached hydrogen (secondary N) is 2. The summed E-state index contributed by atoms with van der Waals surface area (Å²) in [4.78, 5) is 24.1. The molecule has 4 heterocycles. The van der Waals surface area contributed by atoms with Gasteiger partial charge < -0.3 is 20.1 Å². The van der Waals surface area contributed by atoms with Crippen LogP contribution in [0.4, 0.5) is 10.1 Å². The van der Waals surface area contributed by atoms with Crippen molar-refractivity contribution < 1.29 is 9.18 Å². The molecule has 1 aliphatic heterocycles. The van der Waals surface area contributed by atoms with Gasteiger partial charge in [-0.25, -0.2) is 9.37 Å². The molecular formula is C29H29FN6OS. The van der Waals surface area contributed by atoms with Crippen molar-refractivity contribution in [1.82, 2.24) is 24.8 Å². The molecule has 0 aliphatic carbocycles. The number of hydrogen-bond donors (Lipinski definition) is 2. The number of carbonyl (C=O) groups excluding carboxylic acids is 1. The summed E-state index contributed by atoms with van der Waals surface area (Å²) in [6.07, 6.45) is 3.79. The largest absolute Gasteiger partial charge is 0.352 e. The summed E-state index contributed by atoms with van der Waals surface area (Å²) in [7, 11) is 0. The molecule has 9 heteroatoms. The van der Waals surface area contributed by atoms with E-state index in [-0.39, 0.29) is 30.2 Å². The highest BCUT2D eigenvalue weighted by Crippen LogP contribution is 2.41. The number of amides is 1. The topological polar surface area (TPSA) is 75.1 Å². The minimum atomic E-state index is -0.349. The first-order valence-electron chi connectivity index (χ1n) is 12.5. The number of nitrogens with zero attached hydrogens (tertiary/aromatic N) is 4.